The lowest BCUT2D eigenvalue weighted by Crippen LogP contribution is -2.19. The van der Waals surface area contributed by atoms with Crippen LogP contribution in [0.5, 0.6) is 5.75 Å². The van der Waals surface area contributed by atoms with E-state index in [0.717, 1.165) is 28.1 Å². The summed E-state index contributed by atoms with van der Waals surface area (Å²) in [5.41, 5.74) is 4.15. The van der Waals surface area contributed by atoms with Crippen molar-refractivity contribution < 1.29 is 9.84 Å². The number of hydrogen-bond acceptors (Lipinski definition) is 3. The third-order valence-electron chi connectivity index (χ3n) is 3.85. The first kappa shape index (κ1) is 12.2. The summed E-state index contributed by atoms with van der Waals surface area (Å²) >= 11 is 0. The van der Waals surface area contributed by atoms with Crippen molar-refractivity contribution in [3.8, 4) is 5.75 Å². The number of benzene rings is 1. The summed E-state index contributed by atoms with van der Waals surface area (Å²) in [6, 6.07) is 5.93. The number of fused-ring (bicyclic) bond motifs is 1. The molecule has 0 spiro atoms. The van der Waals surface area contributed by atoms with E-state index >= 15 is 0 Å². The summed E-state index contributed by atoms with van der Waals surface area (Å²) in [7, 11) is 1.91. The van der Waals surface area contributed by atoms with Crippen molar-refractivity contribution in [3.63, 3.8) is 0 Å². The number of rotatable bonds is 1. The highest BCUT2D eigenvalue weighted by Gasteiger charge is 2.29. The molecule has 19 heavy (non-hydrogen) atoms. The molecular formula is C15H18N2O2. The van der Waals surface area contributed by atoms with Crippen molar-refractivity contribution in [3.05, 3.63) is 46.8 Å². The van der Waals surface area contributed by atoms with Gasteiger partial charge in [-0.05, 0) is 26.0 Å². The van der Waals surface area contributed by atoms with Crippen molar-refractivity contribution in [1.82, 2.24) is 9.78 Å². The number of aromatic nitrogens is 2. The van der Waals surface area contributed by atoms with E-state index < -0.39 is 6.10 Å². The lowest BCUT2D eigenvalue weighted by Gasteiger charge is -2.29. The van der Waals surface area contributed by atoms with E-state index in [9.17, 15) is 5.11 Å². The number of ether oxygens (including phenoxy) is 1. The van der Waals surface area contributed by atoms with Crippen molar-refractivity contribution in [1.29, 1.82) is 0 Å². The molecule has 1 N–H and O–H groups in total. The maximum atomic E-state index is 10.3. The highest BCUT2D eigenvalue weighted by Crippen LogP contribution is 2.41. The molecule has 4 nitrogen and oxygen atoms in total. The molecule has 3 rings (SSSR count). The van der Waals surface area contributed by atoms with Gasteiger partial charge in [0.15, 0.2) is 0 Å². The average Bonchev–Trinajstić information content (AvgIpc) is 2.71. The number of aryl methyl sites for hydroxylation is 2. The Bertz CT molecular complexity index is 619. The van der Waals surface area contributed by atoms with Crippen LogP contribution in [0, 0.1) is 13.8 Å². The van der Waals surface area contributed by atoms with Crippen LogP contribution >= 0.6 is 0 Å². The molecule has 4 heteroatoms. The molecule has 0 saturated carbocycles. The van der Waals surface area contributed by atoms with E-state index in [0.29, 0.717) is 6.42 Å². The summed E-state index contributed by atoms with van der Waals surface area (Å²) in [6.45, 7) is 4.03. The molecule has 2 atom stereocenters. The Hall–Kier alpha value is -1.81. The van der Waals surface area contributed by atoms with Crippen molar-refractivity contribution >= 4 is 0 Å². The number of hydrogen-bond donors (Lipinski definition) is 1. The molecule has 0 amide bonds. The van der Waals surface area contributed by atoms with Gasteiger partial charge in [-0.1, -0.05) is 11.6 Å². The molecule has 1 aliphatic heterocycles. The second-order valence-corrected chi connectivity index (χ2v) is 5.21. The fourth-order valence-corrected chi connectivity index (χ4v) is 2.59. The molecule has 1 aromatic heterocycles. The number of aliphatic hydroxyl groups excluding tert-OH is 1. The number of nitrogens with zero attached hydrogens (tertiary/aromatic N) is 2. The predicted octanol–water partition coefficient (Wildman–Crippen LogP) is 2.59. The van der Waals surface area contributed by atoms with Gasteiger partial charge < -0.3 is 9.84 Å². The quantitative estimate of drug-likeness (QED) is 0.855. The summed E-state index contributed by atoms with van der Waals surface area (Å²) in [5.74, 6) is 0.776. The van der Waals surface area contributed by atoms with Gasteiger partial charge in [-0.15, -0.1) is 0 Å². The van der Waals surface area contributed by atoms with E-state index in [1.807, 2.05) is 50.0 Å². The molecule has 0 radical (unpaired) electrons. The van der Waals surface area contributed by atoms with Gasteiger partial charge in [-0.25, -0.2) is 0 Å². The molecule has 0 bridgehead atoms. The van der Waals surface area contributed by atoms with E-state index in [4.69, 9.17) is 4.74 Å². The second-order valence-electron chi connectivity index (χ2n) is 5.21. The van der Waals surface area contributed by atoms with E-state index in [1.165, 1.54) is 0 Å². The minimum atomic E-state index is -0.478. The fourth-order valence-electron chi connectivity index (χ4n) is 2.59. The minimum absolute atomic E-state index is 0.126. The Morgan fingerprint density at radius 3 is 2.79 bits per heavy atom. The lowest BCUT2D eigenvalue weighted by molar-refractivity contribution is 0.0653. The first-order chi connectivity index (χ1) is 9.06. The average molecular weight is 258 g/mol. The van der Waals surface area contributed by atoms with Crippen LogP contribution in [0.4, 0.5) is 0 Å². The fraction of sp³-hybridized carbons (Fsp3) is 0.400. The first-order valence-corrected chi connectivity index (χ1v) is 6.50. The summed E-state index contributed by atoms with van der Waals surface area (Å²) in [5, 5.41) is 14.5. The smallest absolute Gasteiger partial charge is 0.130 e. The molecule has 0 aliphatic carbocycles. The third-order valence-corrected chi connectivity index (χ3v) is 3.85. The van der Waals surface area contributed by atoms with Crippen LogP contribution in [0.3, 0.4) is 0 Å². The van der Waals surface area contributed by atoms with Gasteiger partial charge in [-0.2, -0.15) is 5.10 Å². The normalized spacial score (nSPS) is 21.9. The highest BCUT2D eigenvalue weighted by atomic mass is 16.5. The van der Waals surface area contributed by atoms with Crippen LogP contribution in [0.15, 0.2) is 24.4 Å². The van der Waals surface area contributed by atoms with Gasteiger partial charge in [0.1, 0.15) is 11.9 Å². The van der Waals surface area contributed by atoms with Crippen LogP contribution in [0.2, 0.25) is 0 Å². The van der Waals surface area contributed by atoms with Crippen LogP contribution in [0.1, 0.15) is 41.0 Å². The third kappa shape index (κ3) is 2.02. The Balaban J connectivity index is 1.97. The summed E-state index contributed by atoms with van der Waals surface area (Å²) < 4.78 is 7.85. The Labute approximate surface area is 112 Å². The molecule has 100 valence electrons. The van der Waals surface area contributed by atoms with Gasteiger partial charge in [0.2, 0.25) is 0 Å². The summed E-state index contributed by atoms with van der Waals surface area (Å²) in [4.78, 5) is 0. The van der Waals surface area contributed by atoms with Crippen molar-refractivity contribution in [2.75, 3.05) is 0 Å². The van der Waals surface area contributed by atoms with Crippen LogP contribution < -0.4 is 4.74 Å². The molecule has 2 aromatic rings. The van der Waals surface area contributed by atoms with Crippen LogP contribution in [0.25, 0.3) is 0 Å². The molecule has 2 heterocycles. The Morgan fingerprint density at radius 1 is 1.32 bits per heavy atom. The van der Waals surface area contributed by atoms with Crippen LogP contribution in [-0.4, -0.2) is 14.9 Å². The van der Waals surface area contributed by atoms with E-state index in [-0.39, 0.29) is 6.10 Å². The molecule has 1 aromatic carbocycles. The zero-order chi connectivity index (χ0) is 13.6. The van der Waals surface area contributed by atoms with Gasteiger partial charge in [0, 0.05) is 30.3 Å². The SMILES string of the molecule is Cc1ccc2c(c1)[C@@H](O)CC(c1cnn(C)c1C)O2. The van der Waals surface area contributed by atoms with Gasteiger partial charge in [0.25, 0.3) is 0 Å². The zero-order valence-electron chi connectivity index (χ0n) is 11.4. The number of aliphatic hydroxyl groups is 1. The standard InChI is InChI=1S/C15H18N2O2/c1-9-4-5-14-11(6-9)13(18)7-15(19-14)12-8-16-17(3)10(12)2/h4-6,8,13,15,18H,7H2,1-3H3/t13-,15?/m0/s1. The highest BCUT2D eigenvalue weighted by molar-refractivity contribution is 5.41. The van der Waals surface area contributed by atoms with Gasteiger partial charge in [0.05, 0.1) is 12.3 Å². The lowest BCUT2D eigenvalue weighted by atomic mass is 9.94. The van der Waals surface area contributed by atoms with E-state index in [1.54, 1.807) is 0 Å². The molecule has 1 aliphatic rings. The van der Waals surface area contributed by atoms with Crippen LogP contribution in [-0.2, 0) is 7.05 Å². The maximum Gasteiger partial charge on any atom is 0.130 e. The van der Waals surface area contributed by atoms with E-state index in [2.05, 4.69) is 5.10 Å². The topological polar surface area (TPSA) is 47.3 Å². The summed E-state index contributed by atoms with van der Waals surface area (Å²) in [6.07, 6.45) is 1.79. The second kappa shape index (κ2) is 4.38. The van der Waals surface area contributed by atoms with Crippen molar-refractivity contribution in [2.45, 2.75) is 32.5 Å². The zero-order valence-corrected chi connectivity index (χ0v) is 11.4. The molecule has 1 unspecified atom stereocenters. The molecule has 0 fully saturated rings. The van der Waals surface area contributed by atoms with Gasteiger partial charge in [-0.3, -0.25) is 4.68 Å². The minimum Gasteiger partial charge on any atom is -0.485 e. The molecule has 0 saturated heterocycles. The monoisotopic (exact) mass is 258 g/mol. The van der Waals surface area contributed by atoms with Crippen molar-refractivity contribution in [2.24, 2.45) is 7.05 Å². The predicted molar refractivity (Wildman–Crippen MR) is 72.1 cm³/mol. The largest absolute Gasteiger partial charge is 0.485 e. The van der Waals surface area contributed by atoms with Gasteiger partial charge >= 0.3 is 0 Å². The Morgan fingerprint density at radius 2 is 2.11 bits per heavy atom. The first-order valence-electron chi connectivity index (χ1n) is 6.50. The maximum absolute atomic E-state index is 10.3. The Kier molecular flexibility index (Phi) is 2.82. The molecular weight excluding hydrogens is 240 g/mol.